The maximum atomic E-state index is 9.10. The summed E-state index contributed by atoms with van der Waals surface area (Å²) in [5, 5.41) is 12.2. The summed E-state index contributed by atoms with van der Waals surface area (Å²) in [5.41, 5.74) is 2.38. The number of nitrogen functional groups attached to an aromatic ring is 1. The lowest BCUT2D eigenvalue weighted by atomic mass is 10.2. The molecule has 1 atom stereocenters. The number of hydrogen-bond donors (Lipinski definition) is 4. The van der Waals surface area contributed by atoms with Gasteiger partial charge in [0.05, 0.1) is 10.6 Å². The fraction of sp³-hybridized carbons (Fsp3) is 0.556. The zero-order valence-electron chi connectivity index (χ0n) is 9.07. The highest BCUT2D eigenvalue weighted by molar-refractivity contribution is 9.10. The predicted molar refractivity (Wildman–Crippen MR) is 66.9 cm³/mol. The highest BCUT2D eigenvalue weighted by Crippen LogP contribution is 2.19. The minimum absolute atomic E-state index is 0.267. The number of aliphatic hydroxyl groups is 1. The first-order valence-corrected chi connectivity index (χ1v) is 5.84. The van der Waals surface area contributed by atoms with E-state index in [1.807, 2.05) is 0 Å². The van der Waals surface area contributed by atoms with Gasteiger partial charge in [0, 0.05) is 12.7 Å². The summed E-state index contributed by atoms with van der Waals surface area (Å²) in [4.78, 5) is 8.08. The number of nitrogens with zero attached hydrogens (tertiary/aromatic N) is 2. The van der Waals surface area contributed by atoms with Gasteiger partial charge in [-0.2, -0.15) is 4.98 Å². The van der Waals surface area contributed by atoms with Crippen LogP contribution in [0.1, 0.15) is 19.8 Å². The number of aliphatic hydroxyl groups excluding tert-OH is 1. The molecule has 0 fully saturated rings. The third kappa shape index (κ3) is 4.30. The summed E-state index contributed by atoms with van der Waals surface area (Å²) in [7, 11) is 0. The summed E-state index contributed by atoms with van der Waals surface area (Å²) >= 11 is 3.34. The van der Waals surface area contributed by atoms with Crippen LogP contribution in [0.15, 0.2) is 10.7 Å². The molecule has 0 amide bonds. The van der Waals surface area contributed by atoms with E-state index in [0.29, 0.717) is 11.8 Å². The van der Waals surface area contributed by atoms with Gasteiger partial charge >= 0.3 is 0 Å². The number of rotatable bonds is 6. The molecule has 0 aromatic carbocycles. The van der Waals surface area contributed by atoms with Crippen molar-refractivity contribution >= 4 is 27.7 Å². The van der Waals surface area contributed by atoms with E-state index >= 15 is 0 Å². The SMILES string of the molecule is CC(O)CCCNc1nc(NN)ncc1Br. The van der Waals surface area contributed by atoms with Gasteiger partial charge in [0.1, 0.15) is 5.82 Å². The normalized spacial score (nSPS) is 12.2. The van der Waals surface area contributed by atoms with Crippen LogP contribution >= 0.6 is 15.9 Å². The number of aromatic nitrogens is 2. The summed E-state index contributed by atoms with van der Waals surface area (Å²) in [5.74, 6) is 6.26. The van der Waals surface area contributed by atoms with Gasteiger partial charge in [-0.25, -0.2) is 10.8 Å². The van der Waals surface area contributed by atoms with Crippen LogP contribution in [0.3, 0.4) is 0 Å². The van der Waals surface area contributed by atoms with Crippen molar-refractivity contribution in [2.45, 2.75) is 25.9 Å². The van der Waals surface area contributed by atoms with Crippen molar-refractivity contribution in [1.82, 2.24) is 9.97 Å². The molecule has 0 aliphatic carbocycles. The van der Waals surface area contributed by atoms with Crippen LogP contribution in [0, 0.1) is 0 Å². The standard InChI is InChI=1S/C9H16BrN5O/c1-6(16)3-2-4-12-8-7(10)5-13-9(14-8)15-11/h5-6,16H,2-4,11H2,1H3,(H2,12,13,14,15). The average molecular weight is 290 g/mol. The van der Waals surface area contributed by atoms with Gasteiger partial charge in [0.15, 0.2) is 0 Å². The Morgan fingerprint density at radius 1 is 1.62 bits per heavy atom. The maximum Gasteiger partial charge on any atom is 0.239 e. The predicted octanol–water partition coefficient (Wildman–Crippen LogP) is 1.10. The Hall–Kier alpha value is -0.920. The van der Waals surface area contributed by atoms with Crippen LogP contribution in [0.4, 0.5) is 11.8 Å². The van der Waals surface area contributed by atoms with Gasteiger partial charge in [-0.05, 0) is 35.7 Å². The molecule has 1 aromatic rings. The van der Waals surface area contributed by atoms with Gasteiger partial charge in [-0.3, -0.25) is 5.43 Å². The molecular weight excluding hydrogens is 274 g/mol. The van der Waals surface area contributed by atoms with Gasteiger partial charge in [0.25, 0.3) is 0 Å². The van der Waals surface area contributed by atoms with Gasteiger partial charge in [-0.15, -0.1) is 0 Å². The van der Waals surface area contributed by atoms with Crippen molar-refractivity contribution in [2.75, 3.05) is 17.3 Å². The molecule has 6 nitrogen and oxygen atoms in total. The number of hydrazine groups is 1. The van der Waals surface area contributed by atoms with E-state index in [-0.39, 0.29) is 6.10 Å². The Bertz CT molecular complexity index is 334. The first-order chi connectivity index (χ1) is 7.63. The number of nitrogens with two attached hydrogens (primary N) is 1. The summed E-state index contributed by atoms with van der Waals surface area (Å²) in [6.45, 7) is 2.52. The monoisotopic (exact) mass is 289 g/mol. The van der Waals surface area contributed by atoms with Crippen LogP contribution in [-0.4, -0.2) is 27.7 Å². The molecule has 0 aliphatic rings. The van der Waals surface area contributed by atoms with E-state index in [1.165, 1.54) is 0 Å². The van der Waals surface area contributed by atoms with Gasteiger partial charge < -0.3 is 10.4 Å². The molecule has 1 rings (SSSR count). The zero-order chi connectivity index (χ0) is 12.0. The molecule has 1 unspecified atom stereocenters. The van der Waals surface area contributed by atoms with Crippen molar-refractivity contribution in [1.29, 1.82) is 0 Å². The Morgan fingerprint density at radius 3 is 3.00 bits per heavy atom. The Kier molecular flexibility index (Phi) is 5.44. The molecule has 0 aliphatic heterocycles. The Labute approximate surface area is 103 Å². The van der Waals surface area contributed by atoms with Crippen molar-refractivity contribution in [2.24, 2.45) is 5.84 Å². The summed E-state index contributed by atoms with van der Waals surface area (Å²) < 4.78 is 0.781. The molecular formula is C9H16BrN5O. The van der Waals surface area contributed by atoms with E-state index in [2.05, 4.69) is 36.6 Å². The third-order valence-electron chi connectivity index (χ3n) is 1.96. The quantitative estimate of drug-likeness (QED) is 0.356. The second kappa shape index (κ2) is 6.62. The molecule has 7 heteroatoms. The number of halogens is 1. The van der Waals surface area contributed by atoms with E-state index < -0.39 is 0 Å². The molecule has 0 bridgehead atoms. The minimum Gasteiger partial charge on any atom is -0.393 e. The first kappa shape index (κ1) is 13.1. The smallest absolute Gasteiger partial charge is 0.239 e. The lowest BCUT2D eigenvalue weighted by Crippen LogP contribution is -2.13. The number of hydrogen-bond acceptors (Lipinski definition) is 6. The van der Waals surface area contributed by atoms with E-state index in [9.17, 15) is 0 Å². The number of nitrogens with one attached hydrogen (secondary N) is 2. The minimum atomic E-state index is -0.267. The van der Waals surface area contributed by atoms with Crippen LogP contribution in [0.5, 0.6) is 0 Å². The molecule has 0 saturated heterocycles. The van der Waals surface area contributed by atoms with Crippen LogP contribution in [0.25, 0.3) is 0 Å². The fourth-order valence-corrected chi connectivity index (χ4v) is 1.50. The largest absolute Gasteiger partial charge is 0.393 e. The fourth-order valence-electron chi connectivity index (χ4n) is 1.16. The highest BCUT2D eigenvalue weighted by Gasteiger charge is 2.03. The van der Waals surface area contributed by atoms with Crippen LogP contribution in [-0.2, 0) is 0 Å². The molecule has 0 radical (unpaired) electrons. The van der Waals surface area contributed by atoms with Crippen molar-refractivity contribution in [3.8, 4) is 0 Å². The van der Waals surface area contributed by atoms with E-state index in [0.717, 1.165) is 23.9 Å². The summed E-state index contributed by atoms with van der Waals surface area (Å²) in [6, 6.07) is 0. The molecule has 90 valence electrons. The van der Waals surface area contributed by atoms with Gasteiger partial charge in [-0.1, -0.05) is 0 Å². The molecule has 1 heterocycles. The second-order valence-corrected chi connectivity index (χ2v) is 4.31. The molecule has 0 spiro atoms. The summed E-state index contributed by atoms with van der Waals surface area (Å²) in [6.07, 6.45) is 2.99. The van der Waals surface area contributed by atoms with Crippen molar-refractivity contribution < 1.29 is 5.11 Å². The van der Waals surface area contributed by atoms with Gasteiger partial charge in [0.2, 0.25) is 5.95 Å². The molecule has 0 saturated carbocycles. The highest BCUT2D eigenvalue weighted by atomic mass is 79.9. The molecule has 5 N–H and O–H groups in total. The average Bonchev–Trinajstić information content (AvgIpc) is 2.26. The first-order valence-electron chi connectivity index (χ1n) is 5.04. The lowest BCUT2D eigenvalue weighted by molar-refractivity contribution is 0.183. The Balaban J connectivity index is 2.46. The Morgan fingerprint density at radius 2 is 2.38 bits per heavy atom. The second-order valence-electron chi connectivity index (χ2n) is 3.45. The number of anilines is 2. The topological polar surface area (TPSA) is 96.1 Å². The molecule has 16 heavy (non-hydrogen) atoms. The van der Waals surface area contributed by atoms with Crippen LogP contribution in [0.2, 0.25) is 0 Å². The third-order valence-corrected chi connectivity index (χ3v) is 2.54. The maximum absolute atomic E-state index is 9.10. The molecule has 1 aromatic heterocycles. The van der Waals surface area contributed by atoms with Crippen LogP contribution < -0.4 is 16.6 Å². The van der Waals surface area contributed by atoms with E-state index in [1.54, 1.807) is 13.1 Å². The zero-order valence-corrected chi connectivity index (χ0v) is 10.7. The van der Waals surface area contributed by atoms with Crippen molar-refractivity contribution in [3.05, 3.63) is 10.7 Å². The lowest BCUT2D eigenvalue weighted by Gasteiger charge is -2.09. The van der Waals surface area contributed by atoms with Crippen molar-refractivity contribution in [3.63, 3.8) is 0 Å². The van der Waals surface area contributed by atoms with E-state index in [4.69, 9.17) is 10.9 Å².